The molecular weight excluding hydrogens is 354 g/mol. The normalized spacial score (nSPS) is 13.0. The molecule has 0 amide bonds. The second kappa shape index (κ2) is 7.49. The number of aryl methyl sites for hydroxylation is 1. The van der Waals surface area contributed by atoms with Crippen molar-refractivity contribution in [3.05, 3.63) is 74.7 Å². The molecule has 5 nitrogen and oxygen atoms in total. The average molecular weight is 377 g/mol. The Balaban J connectivity index is 2.01. The van der Waals surface area contributed by atoms with Crippen molar-refractivity contribution < 1.29 is 14.6 Å². The van der Waals surface area contributed by atoms with Crippen molar-refractivity contribution in [2.45, 2.75) is 39.4 Å². The summed E-state index contributed by atoms with van der Waals surface area (Å²) in [5, 5.41) is 9.94. The van der Waals surface area contributed by atoms with Gasteiger partial charge < -0.3 is 14.4 Å². The first-order valence-electron chi connectivity index (χ1n) is 9.06. The minimum atomic E-state index is -1.19. The topological polar surface area (TPSA) is 68.5 Å². The zero-order chi connectivity index (χ0) is 20.5. The zero-order valence-corrected chi connectivity index (χ0v) is 16.5. The van der Waals surface area contributed by atoms with Crippen LogP contribution in [0.25, 0.3) is 5.57 Å². The molecule has 0 saturated heterocycles. The third kappa shape index (κ3) is 4.08. The summed E-state index contributed by atoms with van der Waals surface area (Å²) >= 11 is 0. The van der Waals surface area contributed by atoms with E-state index in [1.54, 1.807) is 27.1 Å². The van der Waals surface area contributed by atoms with Crippen LogP contribution in [0, 0.1) is 11.8 Å². The average Bonchev–Trinajstić information content (AvgIpc) is 2.99. The highest BCUT2D eigenvalue weighted by atomic mass is 16.5. The monoisotopic (exact) mass is 377 g/mol. The highest BCUT2D eigenvalue weighted by molar-refractivity contribution is 6.19. The van der Waals surface area contributed by atoms with Crippen LogP contribution >= 0.6 is 0 Å². The smallest absolute Gasteiger partial charge is 0.339 e. The number of benzene rings is 1. The van der Waals surface area contributed by atoms with Crippen LogP contribution in [-0.2, 0) is 29.6 Å². The van der Waals surface area contributed by atoms with E-state index in [1.165, 1.54) is 4.57 Å². The Morgan fingerprint density at radius 2 is 1.96 bits per heavy atom. The number of hydrogen-bond acceptors (Lipinski definition) is 4. The molecule has 1 aliphatic rings. The Kier molecular flexibility index (Phi) is 5.26. The highest BCUT2D eigenvalue weighted by Gasteiger charge is 2.30. The summed E-state index contributed by atoms with van der Waals surface area (Å²) in [7, 11) is 1.65. The van der Waals surface area contributed by atoms with Crippen molar-refractivity contribution in [3.63, 3.8) is 0 Å². The van der Waals surface area contributed by atoms with Gasteiger partial charge in [-0.3, -0.25) is 4.79 Å². The third-order valence-corrected chi connectivity index (χ3v) is 4.51. The lowest BCUT2D eigenvalue weighted by Crippen LogP contribution is -2.23. The molecule has 0 bridgehead atoms. The van der Waals surface area contributed by atoms with E-state index in [2.05, 4.69) is 11.8 Å². The maximum absolute atomic E-state index is 12.9. The van der Waals surface area contributed by atoms with Crippen LogP contribution in [0.2, 0.25) is 0 Å². The molecule has 1 aromatic heterocycles. The quantitative estimate of drug-likeness (QED) is 0.659. The zero-order valence-electron chi connectivity index (χ0n) is 16.5. The molecule has 0 saturated carbocycles. The number of rotatable bonds is 3. The lowest BCUT2D eigenvalue weighted by atomic mass is 10.00. The SMILES string of the molecule is CC1=C(C(=O)OCc2ccccc2)c2c(C#CC(C)(C)O)cn(C)c(=O)c2C1. The summed E-state index contributed by atoms with van der Waals surface area (Å²) in [6, 6.07) is 9.42. The van der Waals surface area contributed by atoms with E-state index < -0.39 is 11.6 Å². The van der Waals surface area contributed by atoms with Gasteiger partial charge in [-0.1, -0.05) is 47.7 Å². The molecule has 1 heterocycles. The van der Waals surface area contributed by atoms with E-state index in [-0.39, 0.29) is 12.2 Å². The summed E-state index contributed by atoms with van der Waals surface area (Å²) in [5.74, 6) is 5.22. The number of fused-ring (bicyclic) bond motifs is 1. The fourth-order valence-electron chi connectivity index (χ4n) is 3.20. The standard InChI is InChI=1S/C23H23NO4/c1-15-12-18-20(17(10-11-23(2,3)27)13-24(4)21(18)25)19(15)22(26)28-14-16-8-6-5-7-9-16/h5-9,13,27H,12,14H2,1-4H3. The molecule has 0 atom stereocenters. The number of allylic oxidation sites excluding steroid dienone is 1. The van der Waals surface area contributed by atoms with Crippen molar-refractivity contribution in [3.8, 4) is 11.8 Å². The van der Waals surface area contributed by atoms with Crippen LogP contribution in [0.15, 0.2) is 46.9 Å². The van der Waals surface area contributed by atoms with E-state index in [0.29, 0.717) is 28.7 Å². The summed E-state index contributed by atoms with van der Waals surface area (Å²) in [6.45, 7) is 5.14. The van der Waals surface area contributed by atoms with Crippen LogP contribution in [0.1, 0.15) is 43.0 Å². The fourth-order valence-corrected chi connectivity index (χ4v) is 3.20. The van der Waals surface area contributed by atoms with Crippen LogP contribution in [0.3, 0.4) is 0 Å². The van der Waals surface area contributed by atoms with Crippen molar-refractivity contribution >= 4 is 11.5 Å². The Morgan fingerprint density at radius 3 is 2.61 bits per heavy atom. The molecule has 28 heavy (non-hydrogen) atoms. The maximum Gasteiger partial charge on any atom is 0.339 e. The van der Waals surface area contributed by atoms with E-state index >= 15 is 0 Å². The van der Waals surface area contributed by atoms with Gasteiger partial charge in [0.2, 0.25) is 0 Å². The maximum atomic E-state index is 12.9. The van der Waals surface area contributed by atoms with Crippen LogP contribution in [0.4, 0.5) is 0 Å². The predicted octanol–water partition coefficient (Wildman–Crippen LogP) is 2.58. The Morgan fingerprint density at radius 1 is 1.29 bits per heavy atom. The van der Waals surface area contributed by atoms with Gasteiger partial charge in [-0.15, -0.1) is 0 Å². The van der Waals surface area contributed by atoms with E-state index in [1.807, 2.05) is 37.3 Å². The number of carbonyl (C=O) groups is 1. The second-order valence-electron chi connectivity index (χ2n) is 7.52. The molecule has 0 spiro atoms. The van der Waals surface area contributed by atoms with Crippen molar-refractivity contribution in [2.75, 3.05) is 0 Å². The Labute approximate surface area is 164 Å². The van der Waals surface area contributed by atoms with Gasteiger partial charge in [0.1, 0.15) is 12.2 Å². The largest absolute Gasteiger partial charge is 0.457 e. The van der Waals surface area contributed by atoms with Gasteiger partial charge in [0.25, 0.3) is 5.56 Å². The number of aliphatic hydroxyl groups is 1. The molecule has 0 fully saturated rings. The van der Waals surface area contributed by atoms with Crippen LogP contribution < -0.4 is 5.56 Å². The molecule has 0 unspecified atom stereocenters. The number of carbonyl (C=O) groups excluding carboxylic acids is 1. The van der Waals surface area contributed by atoms with Crippen molar-refractivity contribution in [1.29, 1.82) is 0 Å². The van der Waals surface area contributed by atoms with Crippen molar-refractivity contribution in [1.82, 2.24) is 4.57 Å². The first-order valence-corrected chi connectivity index (χ1v) is 9.06. The summed E-state index contributed by atoms with van der Waals surface area (Å²) < 4.78 is 6.96. The van der Waals surface area contributed by atoms with Gasteiger partial charge in [-0.05, 0) is 26.3 Å². The second-order valence-corrected chi connectivity index (χ2v) is 7.52. The van der Waals surface area contributed by atoms with E-state index in [4.69, 9.17) is 4.74 Å². The third-order valence-electron chi connectivity index (χ3n) is 4.51. The van der Waals surface area contributed by atoms with Gasteiger partial charge in [0.05, 0.1) is 5.57 Å². The lowest BCUT2D eigenvalue weighted by Gasteiger charge is -2.12. The molecular formula is C23H23NO4. The number of pyridine rings is 1. The molecule has 5 heteroatoms. The molecule has 1 aliphatic carbocycles. The highest BCUT2D eigenvalue weighted by Crippen LogP contribution is 2.34. The minimum absolute atomic E-state index is 0.154. The van der Waals surface area contributed by atoms with Crippen LogP contribution in [-0.4, -0.2) is 21.2 Å². The van der Waals surface area contributed by atoms with Gasteiger partial charge in [-0.2, -0.15) is 0 Å². The van der Waals surface area contributed by atoms with Gasteiger partial charge in [0, 0.05) is 36.4 Å². The molecule has 0 radical (unpaired) electrons. The van der Waals surface area contributed by atoms with Gasteiger partial charge in [0.15, 0.2) is 0 Å². The van der Waals surface area contributed by atoms with Crippen LogP contribution in [0.5, 0.6) is 0 Å². The molecule has 2 aromatic rings. The fraction of sp³-hybridized carbons (Fsp3) is 0.304. The number of hydrogen-bond donors (Lipinski definition) is 1. The number of nitrogens with zero attached hydrogens (tertiary/aromatic N) is 1. The summed E-state index contributed by atoms with van der Waals surface area (Å²) in [5.41, 5.74) is 2.30. The Hall–Kier alpha value is -3.10. The van der Waals surface area contributed by atoms with E-state index in [0.717, 1.165) is 11.1 Å². The van der Waals surface area contributed by atoms with Gasteiger partial charge in [-0.25, -0.2) is 4.79 Å². The summed E-state index contributed by atoms with van der Waals surface area (Å²) in [6.07, 6.45) is 1.98. The summed E-state index contributed by atoms with van der Waals surface area (Å²) in [4.78, 5) is 25.4. The molecule has 1 N–H and O–H groups in total. The first-order chi connectivity index (χ1) is 13.2. The number of aromatic nitrogens is 1. The molecule has 3 rings (SSSR count). The predicted molar refractivity (Wildman–Crippen MR) is 107 cm³/mol. The number of ether oxygens (including phenoxy) is 1. The van der Waals surface area contributed by atoms with E-state index in [9.17, 15) is 14.7 Å². The molecule has 0 aliphatic heterocycles. The lowest BCUT2D eigenvalue weighted by molar-refractivity contribution is -0.137. The molecule has 144 valence electrons. The van der Waals surface area contributed by atoms with Gasteiger partial charge >= 0.3 is 5.97 Å². The Bertz CT molecular complexity index is 1070. The minimum Gasteiger partial charge on any atom is -0.457 e. The van der Waals surface area contributed by atoms with Crippen molar-refractivity contribution in [2.24, 2.45) is 7.05 Å². The first kappa shape index (κ1) is 19.7. The number of esters is 1. The molecule has 1 aromatic carbocycles.